The Hall–Kier alpha value is -0.120. The molecule has 0 heterocycles. The predicted octanol–water partition coefficient (Wildman–Crippen LogP) is 0.711. The molecule has 0 amide bonds. The van der Waals surface area contributed by atoms with E-state index in [0.717, 1.165) is 13.1 Å². The van der Waals surface area contributed by atoms with E-state index in [9.17, 15) is 0 Å². The van der Waals surface area contributed by atoms with E-state index < -0.39 is 0 Å². The van der Waals surface area contributed by atoms with E-state index >= 15 is 0 Å². The highest BCUT2D eigenvalue weighted by molar-refractivity contribution is 4.45. The third-order valence-corrected chi connectivity index (χ3v) is 0.994. The maximum atomic E-state index is 4.50. The summed E-state index contributed by atoms with van der Waals surface area (Å²) >= 11 is 0. The second-order valence-electron chi connectivity index (χ2n) is 2.61. The highest BCUT2D eigenvalue weighted by Gasteiger charge is 1.89. The molecule has 0 aromatic rings. The summed E-state index contributed by atoms with van der Waals surface area (Å²) < 4.78 is 0. The van der Waals surface area contributed by atoms with E-state index in [1.165, 1.54) is 7.05 Å². The van der Waals surface area contributed by atoms with Gasteiger partial charge in [-0.15, -0.1) is 0 Å². The van der Waals surface area contributed by atoms with Crippen LogP contribution < -0.4 is 5.73 Å². The van der Waals surface area contributed by atoms with Gasteiger partial charge < -0.3 is 15.5 Å². The van der Waals surface area contributed by atoms with Crippen molar-refractivity contribution in [1.82, 2.24) is 9.80 Å². The molecule has 2 N–H and O–H groups in total. The fourth-order valence-electron chi connectivity index (χ4n) is 0.400. The van der Waals surface area contributed by atoms with Gasteiger partial charge in [-0.05, 0) is 35.2 Å². The van der Waals surface area contributed by atoms with Crippen molar-refractivity contribution in [2.45, 2.75) is 13.8 Å². The zero-order valence-corrected chi connectivity index (χ0v) is 9.89. The normalized spacial score (nSPS) is 8.50. The van der Waals surface area contributed by atoms with Crippen molar-refractivity contribution in [1.29, 1.82) is 0 Å². The van der Waals surface area contributed by atoms with Crippen LogP contribution in [0.2, 0.25) is 0 Å². The van der Waals surface area contributed by atoms with Crippen molar-refractivity contribution in [2.24, 2.45) is 5.73 Å². The smallest absolute Gasteiger partial charge is 0.0103 e. The lowest BCUT2D eigenvalue weighted by Crippen LogP contribution is -2.25. The Balaban J connectivity index is -0.000000175. The molecule has 0 bridgehead atoms. The molecular weight excluding hydrogens is 150 g/mol. The number of hydrogen-bond donors (Lipinski definition) is 1. The quantitative estimate of drug-likeness (QED) is 0.689. The summed E-state index contributed by atoms with van der Waals surface area (Å²) in [5.74, 6) is 0. The molecule has 0 aromatic carbocycles. The van der Waals surface area contributed by atoms with Gasteiger partial charge in [-0.2, -0.15) is 0 Å². The molecule has 78 valence electrons. The van der Waals surface area contributed by atoms with Crippen LogP contribution in [0.1, 0.15) is 13.8 Å². The predicted molar refractivity (Wildman–Crippen MR) is 58.6 cm³/mol. The minimum Gasteiger partial charge on any atom is -0.333 e. The first-order valence-corrected chi connectivity index (χ1v) is 4.50. The third kappa shape index (κ3) is 32.7. The van der Waals surface area contributed by atoms with Crippen LogP contribution in [0.3, 0.4) is 0 Å². The first kappa shape index (κ1) is 17.8. The fourth-order valence-corrected chi connectivity index (χ4v) is 0.400. The Morgan fingerprint density at radius 1 is 0.750 bits per heavy atom. The van der Waals surface area contributed by atoms with Crippen molar-refractivity contribution in [3.8, 4) is 0 Å². The lowest BCUT2D eigenvalue weighted by atomic mass is 10.5. The standard InChI is InChI=1S/C6H16N2.C2H6.CH5N/c1-7(2)5-6-8(3)4;2*1-2/h5-6H2,1-4H3;1-2H3;2H2,1H3. The summed E-state index contributed by atoms with van der Waals surface area (Å²) in [6.07, 6.45) is 0. The zero-order valence-electron chi connectivity index (χ0n) is 9.89. The average Bonchev–Trinajstić information content (AvgIpc) is 2.08. The maximum Gasteiger partial charge on any atom is 0.0103 e. The molecule has 0 fully saturated rings. The van der Waals surface area contributed by atoms with Crippen LogP contribution >= 0.6 is 0 Å². The Kier molecular flexibility index (Phi) is 25.4. The van der Waals surface area contributed by atoms with Gasteiger partial charge in [0, 0.05) is 13.1 Å². The minimum absolute atomic E-state index is 1.15. The van der Waals surface area contributed by atoms with Gasteiger partial charge in [-0.3, -0.25) is 0 Å². The second kappa shape index (κ2) is 17.1. The summed E-state index contributed by atoms with van der Waals surface area (Å²) in [5, 5.41) is 0. The zero-order chi connectivity index (χ0) is 10.6. The van der Waals surface area contributed by atoms with Crippen molar-refractivity contribution in [2.75, 3.05) is 48.3 Å². The Morgan fingerprint density at radius 3 is 1.00 bits per heavy atom. The molecule has 0 aliphatic rings. The van der Waals surface area contributed by atoms with Gasteiger partial charge in [-0.1, -0.05) is 13.8 Å². The molecule has 0 saturated carbocycles. The van der Waals surface area contributed by atoms with Crippen LogP contribution in [0.25, 0.3) is 0 Å². The highest BCUT2D eigenvalue weighted by Crippen LogP contribution is 1.76. The van der Waals surface area contributed by atoms with Crippen molar-refractivity contribution >= 4 is 0 Å². The number of rotatable bonds is 3. The van der Waals surface area contributed by atoms with Crippen LogP contribution in [0.4, 0.5) is 0 Å². The highest BCUT2D eigenvalue weighted by atomic mass is 15.1. The third-order valence-electron chi connectivity index (χ3n) is 0.994. The van der Waals surface area contributed by atoms with Gasteiger partial charge in [0.1, 0.15) is 0 Å². The van der Waals surface area contributed by atoms with E-state index in [2.05, 4.69) is 43.7 Å². The molecule has 3 nitrogen and oxygen atoms in total. The molecule has 0 unspecified atom stereocenters. The number of hydrogen-bond acceptors (Lipinski definition) is 3. The molecule has 0 aromatic heterocycles. The Labute approximate surface area is 78.5 Å². The van der Waals surface area contributed by atoms with Crippen LogP contribution in [0.5, 0.6) is 0 Å². The molecule has 0 rings (SSSR count). The van der Waals surface area contributed by atoms with Gasteiger partial charge in [0.15, 0.2) is 0 Å². The Morgan fingerprint density at radius 2 is 0.917 bits per heavy atom. The van der Waals surface area contributed by atoms with Crippen LogP contribution in [-0.2, 0) is 0 Å². The molecule has 3 heteroatoms. The number of nitrogens with two attached hydrogens (primary N) is 1. The Bertz CT molecular complexity index is 45.7. The van der Waals surface area contributed by atoms with Crippen molar-refractivity contribution < 1.29 is 0 Å². The lowest BCUT2D eigenvalue weighted by molar-refractivity contribution is 0.320. The summed E-state index contributed by atoms with van der Waals surface area (Å²) in [4.78, 5) is 4.36. The van der Waals surface area contributed by atoms with Crippen LogP contribution in [-0.4, -0.2) is 58.1 Å². The van der Waals surface area contributed by atoms with E-state index in [-0.39, 0.29) is 0 Å². The summed E-state index contributed by atoms with van der Waals surface area (Å²) in [6, 6.07) is 0. The number of nitrogens with zero attached hydrogens (tertiary/aromatic N) is 2. The molecule has 0 atom stereocenters. The molecule has 0 spiro atoms. The largest absolute Gasteiger partial charge is 0.333 e. The lowest BCUT2D eigenvalue weighted by Gasteiger charge is -2.13. The van der Waals surface area contributed by atoms with E-state index in [1.54, 1.807) is 0 Å². The van der Waals surface area contributed by atoms with Gasteiger partial charge in [-0.25, -0.2) is 0 Å². The first-order chi connectivity index (χ1) is 5.63. The van der Waals surface area contributed by atoms with Gasteiger partial charge >= 0.3 is 0 Å². The topological polar surface area (TPSA) is 32.5 Å². The average molecular weight is 177 g/mol. The SMILES string of the molecule is CC.CN.CN(C)CCN(C)C. The minimum atomic E-state index is 1.15. The summed E-state index contributed by atoms with van der Waals surface area (Å²) in [7, 11) is 9.85. The summed E-state index contributed by atoms with van der Waals surface area (Å²) in [6.45, 7) is 6.29. The van der Waals surface area contributed by atoms with Crippen molar-refractivity contribution in [3.05, 3.63) is 0 Å². The number of likely N-dealkylation sites (N-methyl/N-ethyl adjacent to an activating group) is 2. The monoisotopic (exact) mass is 177 g/mol. The van der Waals surface area contributed by atoms with E-state index in [0.29, 0.717) is 0 Å². The van der Waals surface area contributed by atoms with E-state index in [4.69, 9.17) is 0 Å². The summed E-state index contributed by atoms with van der Waals surface area (Å²) in [5.41, 5.74) is 4.50. The van der Waals surface area contributed by atoms with E-state index in [1.807, 2.05) is 13.8 Å². The molecule has 0 radical (unpaired) electrons. The molecule has 0 aliphatic heterocycles. The van der Waals surface area contributed by atoms with Crippen LogP contribution in [0.15, 0.2) is 0 Å². The maximum absolute atomic E-state index is 4.50. The van der Waals surface area contributed by atoms with Crippen LogP contribution in [0, 0.1) is 0 Å². The molecule has 12 heavy (non-hydrogen) atoms. The fraction of sp³-hybridized carbons (Fsp3) is 1.00. The van der Waals surface area contributed by atoms with Crippen molar-refractivity contribution in [3.63, 3.8) is 0 Å². The first-order valence-electron chi connectivity index (χ1n) is 4.50. The molecule has 0 aliphatic carbocycles. The van der Waals surface area contributed by atoms with Gasteiger partial charge in [0.05, 0.1) is 0 Å². The molecule has 0 saturated heterocycles. The van der Waals surface area contributed by atoms with Gasteiger partial charge in [0.25, 0.3) is 0 Å². The molecular formula is C9H27N3. The van der Waals surface area contributed by atoms with Gasteiger partial charge in [0.2, 0.25) is 0 Å². The second-order valence-corrected chi connectivity index (χ2v) is 2.61.